The van der Waals surface area contributed by atoms with E-state index in [1.54, 1.807) is 0 Å². The molecule has 1 N–H and O–H groups in total. The van der Waals surface area contributed by atoms with Crippen LogP contribution in [-0.4, -0.2) is 47.4 Å². The Hall–Kier alpha value is -1.63. The maximum absolute atomic E-state index is 5.59. The van der Waals surface area contributed by atoms with Crippen LogP contribution in [0.5, 0.6) is 12.0 Å². The molecular weight excluding hydrogens is 260 g/mol. The van der Waals surface area contributed by atoms with Gasteiger partial charge >= 0.3 is 12.0 Å². The molecule has 1 saturated heterocycles. The number of hydrogen-bond donors (Lipinski definition) is 1. The van der Waals surface area contributed by atoms with Crippen molar-refractivity contribution in [3.05, 3.63) is 0 Å². The number of anilines is 1. The summed E-state index contributed by atoms with van der Waals surface area (Å²) in [6.07, 6.45) is 3.13. The van der Waals surface area contributed by atoms with Crippen molar-refractivity contribution in [3.63, 3.8) is 0 Å². The lowest BCUT2D eigenvalue weighted by molar-refractivity contribution is 0.0640. The molecule has 1 unspecified atom stereocenters. The molecule has 7 heteroatoms. The molecule has 7 nitrogen and oxygen atoms in total. The van der Waals surface area contributed by atoms with Gasteiger partial charge in [0.15, 0.2) is 0 Å². The molecule has 0 aliphatic carbocycles. The molecular formula is C13H22N4O3. The molecule has 2 rings (SSSR count). The van der Waals surface area contributed by atoms with E-state index in [-0.39, 0.29) is 12.1 Å². The summed E-state index contributed by atoms with van der Waals surface area (Å²) in [5, 5.41) is 3.04. The zero-order valence-electron chi connectivity index (χ0n) is 12.1. The van der Waals surface area contributed by atoms with Crippen LogP contribution in [-0.2, 0) is 4.74 Å². The molecule has 0 saturated carbocycles. The van der Waals surface area contributed by atoms with Crippen LogP contribution in [0.25, 0.3) is 0 Å². The van der Waals surface area contributed by atoms with Gasteiger partial charge in [0.05, 0.1) is 12.7 Å². The van der Waals surface area contributed by atoms with Gasteiger partial charge in [0.1, 0.15) is 6.61 Å². The van der Waals surface area contributed by atoms with E-state index in [4.69, 9.17) is 14.2 Å². The fourth-order valence-electron chi connectivity index (χ4n) is 1.84. The van der Waals surface area contributed by atoms with E-state index in [2.05, 4.69) is 20.3 Å². The van der Waals surface area contributed by atoms with Crippen LogP contribution in [0.3, 0.4) is 0 Å². The zero-order chi connectivity index (χ0) is 14.2. The van der Waals surface area contributed by atoms with E-state index < -0.39 is 0 Å². The van der Waals surface area contributed by atoms with Gasteiger partial charge in [-0.15, -0.1) is 4.98 Å². The van der Waals surface area contributed by atoms with Crippen LogP contribution < -0.4 is 14.8 Å². The summed E-state index contributed by atoms with van der Waals surface area (Å²) >= 11 is 0. The average molecular weight is 282 g/mol. The second-order valence-electron chi connectivity index (χ2n) is 4.55. The largest absolute Gasteiger partial charge is 0.463 e. The molecule has 1 aromatic heterocycles. The molecule has 0 amide bonds. The number of nitrogens with one attached hydrogen (secondary N) is 1. The molecule has 0 bridgehead atoms. The highest BCUT2D eigenvalue weighted by atomic mass is 16.5. The highest BCUT2D eigenvalue weighted by molar-refractivity contribution is 5.27. The van der Waals surface area contributed by atoms with Crippen LogP contribution in [0, 0.1) is 0 Å². The van der Waals surface area contributed by atoms with Crippen molar-refractivity contribution in [1.29, 1.82) is 0 Å². The Balaban J connectivity index is 1.98. The van der Waals surface area contributed by atoms with Gasteiger partial charge in [0.2, 0.25) is 5.95 Å². The van der Waals surface area contributed by atoms with Crippen molar-refractivity contribution in [3.8, 4) is 12.0 Å². The van der Waals surface area contributed by atoms with Crippen LogP contribution in [0.1, 0.15) is 33.1 Å². The van der Waals surface area contributed by atoms with Gasteiger partial charge in [-0.25, -0.2) is 0 Å². The van der Waals surface area contributed by atoms with E-state index in [0.717, 1.165) is 32.4 Å². The molecule has 0 spiro atoms. The van der Waals surface area contributed by atoms with E-state index >= 15 is 0 Å². The minimum atomic E-state index is 0.134. The fraction of sp³-hybridized carbons (Fsp3) is 0.769. The van der Waals surface area contributed by atoms with Gasteiger partial charge < -0.3 is 19.5 Å². The van der Waals surface area contributed by atoms with Crippen molar-refractivity contribution in [1.82, 2.24) is 15.0 Å². The molecule has 0 radical (unpaired) electrons. The topological polar surface area (TPSA) is 78.4 Å². The van der Waals surface area contributed by atoms with Gasteiger partial charge in [-0.2, -0.15) is 9.97 Å². The van der Waals surface area contributed by atoms with Gasteiger partial charge in [-0.05, 0) is 26.2 Å². The van der Waals surface area contributed by atoms with Gasteiger partial charge in [0, 0.05) is 13.2 Å². The molecule has 1 fully saturated rings. The molecule has 20 heavy (non-hydrogen) atoms. The summed E-state index contributed by atoms with van der Waals surface area (Å²) in [7, 11) is 0. The maximum Gasteiger partial charge on any atom is 0.324 e. The first kappa shape index (κ1) is 14.8. The third-order valence-corrected chi connectivity index (χ3v) is 2.79. The van der Waals surface area contributed by atoms with Crippen molar-refractivity contribution in [2.24, 2.45) is 0 Å². The van der Waals surface area contributed by atoms with Crippen molar-refractivity contribution < 1.29 is 14.2 Å². The second kappa shape index (κ2) is 7.84. The summed E-state index contributed by atoms with van der Waals surface area (Å²) in [5.41, 5.74) is 0. The van der Waals surface area contributed by atoms with Gasteiger partial charge in [-0.3, -0.25) is 0 Å². The summed E-state index contributed by atoms with van der Waals surface area (Å²) in [6.45, 7) is 6.56. The quantitative estimate of drug-likeness (QED) is 0.776. The van der Waals surface area contributed by atoms with Crippen LogP contribution in [0.15, 0.2) is 0 Å². The Morgan fingerprint density at radius 2 is 2.00 bits per heavy atom. The fourth-order valence-corrected chi connectivity index (χ4v) is 1.84. The summed E-state index contributed by atoms with van der Waals surface area (Å²) in [5.74, 6) is 0.468. The number of ether oxygens (including phenoxy) is 3. The Morgan fingerprint density at radius 1 is 1.20 bits per heavy atom. The van der Waals surface area contributed by atoms with E-state index in [1.165, 1.54) is 0 Å². The van der Waals surface area contributed by atoms with Gasteiger partial charge in [-0.1, -0.05) is 6.92 Å². The lowest BCUT2D eigenvalue weighted by atomic mass is 10.2. The minimum absolute atomic E-state index is 0.134. The molecule has 1 aromatic rings. The molecule has 1 aliphatic rings. The standard InChI is InChI=1S/C13H22N4O3/c1-3-7-19-12-15-11(14-4-2)16-13(17-12)20-9-10-6-5-8-18-10/h10H,3-9H2,1-2H3,(H,14,15,16,17). The predicted octanol–water partition coefficient (Wildman–Crippen LogP) is 1.65. The van der Waals surface area contributed by atoms with Crippen LogP contribution in [0.4, 0.5) is 5.95 Å². The summed E-state index contributed by atoms with van der Waals surface area (Å²) in [6, 6.07) is 0.567. The number of nitrogens with zero attached hydrogens (tertiary/aromatic N) is 3. The van der Waals surface area contributed by atoms with Gasteiger partial charge in [0.25, 0.3) is 0 Å². The first-order valence-corrected chi connectivity index (χ1v) is 7.19. The smallest absolute Gasteiger partial charge is 0.324 e. The zero-order valence-corrected chi connectivity index (χ0v) is 12.1. The highest BCUT2D eigenvalue weighted by Gasteiger charge is 2.17. The average Bonchev–Trinajstić information content (AvgIpc) is 2.96. The Morgan fingerprint density at radius 3 is 2.65 bits per heavy atom. The third kappa shape index (κ3) is 4.48. The van der Waals surface area contributed by atoms with Crippen LogP contribution in [0.2, 0.25) is 0 Å². The summed E-state index contributed by atoms with van der Waals surface area (Å²) in [4.78, 5) is 12.5. The molecule has 112 valence electrons. The number of aromatic nitrogens is 3. The highest BCUT2D eigenvalue weighted by Crippen LogP contribution is 2.16. The van der Waals surface area contributed by atoms with E-state index in [0.29, 0.717) is 25.2 Å². The Bertz CT molecular complexity index is 411. The first-order chi connectivity index (χ1) is 9.81. The predicted molar refractivity (Wildman–Crippen MR) is 74.2 cm³/mol. The van der Waals surface area contributed by atoms with Crippen molar-refractivity contribution >= 4 is 5.95 Å². The number of hydrogen-bond acceptors (Lipinski definition) is 7. The molecule has 2 heterocycles. The lowest BCUT2D eigenvalue weighted by Gasteiger charge is -2.12. The second-order valence-corrected chi connectivity index (χ2v) is 4.55. The Kier molecular flexibility index (Phi) is 5.79. The maximum atomic E-state index is 5.59. The third-order valence-electron chi connectivity index (χ3n) is 2.79. The monoisotopic (exact) mass is 282 g/mol. The normalized spacial score (nSPS) is 18.0. The van der Waals surface area contributed by atoms with Crippen molar-refractivity contribution in [2.45, 2.75) is 39.2 Å². The molecule has 0 aromatic carbocycles. The van der Waals surface area contributed by atoms with Crippen LogP contribution >= 0.6 is 0 Å². The Labute approximate surface area is 119 Å². The molecule has 1 aliphatic heterocycles. The van der Waals surface area contributed by atoms with E-state index in [9.17, 15) is 0 Å². The number of rotatable bonds is 8. The minimum Gasteiger partial charge on any atom is -0.463 e. The first-order valence-electron chi connectivity index (χ1n) is 7.19. The summed E-state index contributed by atoms with van der Waals surface area (Å²) < 4.78 is 16.5. The van der Waals surface area contributed by atoms with Crippen molar-refractivity contribution in [2.75, 3.05) is 31.7 Å². The molecule has 1 atom stereocenters. The SMILES string of the molecule is CCCOc1nc(NCC)nc(OCC2CCCO2)n1. The van der Waals surface area contributed by atoms with E-state index in [1.807, 2.05) is 13.8 Å². The lowest BCUT2D eigenvalue weighted by Crippen LogP contribution is -2.18.